The summed E-state index contributed by atoms with van der Waals surface area (Å²) in [5, 5.41) is 11.2. The molecule has 4 aromatic rings. The smallest absolute Gasteiger partial charge is 0.323 e. The van der Waals surface area contributed by atoms with Crippen molar-refractivity contribution in [1.29, 1.82) is 0 Å². The Hall–Kier alpha value is -6.95. The largest absolute Gasteiger partial charge is 0.493 e. The van der Waals surface area contributed by atoms with Crippen LogP contribution in [0, 0.1) is 12.8 Å². The number of nitrogens with zero attached hydrogens (tertiary/aromatic N) is 5. The summed E-state index contributed by atoms with van der Waals surface area (Å²) in [5.41, 5.74) is 10.7. The molecule has 0 spiro atoms. The average Bonchev–Trinajstić information content (AvgIpc) is 3.97. The maximum absolute atomic E-state index is 13.3. The number of fused-ring (bicyclic) bond motifs is 2. The Morgan fingerprint density at radius 1 is 0.839 bits per heavy atom. The summed E-state index contributed by atoms with van der Waals surface area (Å²) in [4.78, 5) is 83.7. The minimum absolute atomic E-state index is 0.0435. The standard InChI is InChI=1S/C44H54N10O8/c1-25(2)39(45)44(60)62-13-9-11-46-40(56)34-17-29(23-51(34)5)49-42(58)36-18-30(24-53(36)7)50-41(57)35-16-28(22-52(35)6)48-38(55)10-8-12-61-37-19-33-32(15-27(37)4)43(59)54-21-26(3)14-31(54)20-47-33/h15-20,22-25,31,39H,3,8-14,21,45H2,1-2,4-7H3,(H,46,56)(H,48,55)(H,49,58)(H,50,57)/t31-,39?/m0/s1. The number of ether oxygens (including phenoxy) is 2. The summed E-state index contributed by atoms with van der Waals surface area (Å²) in [6, 6.07) is 7.39. The van der Waals surface area contributed by atoms with E-state index in [1.165, 1.54) is 6.07 Å². The quantitative estimate of drug-likeness (QED) is 0.0574. The third-order valence-electron chi connectivity index (χ3n) is 10.6. The zero-order valence-corrected chi connectivity index (χ0v) is 35.9. The number of anilines is 3. The van der Waals surface area contributed by atoms with Crippen molar-refractivity contribution >= 4 is 64.5 Å². The van der Waals surface area contributed by atoms with Crippen molar-refractivity contribution in [2.24, 2.45) is 37.8 Å². The van der Waals surface area contributed by atoms with Crippen LogP contribution >= 0.6 is 0 Å². The normalized spacial score (nSPS) is 14.8. The van der Waals surface area contributed by atoms with Crippen molar-refractivity contribution in [2.75, 3.05) is 42.3 Å². The molecule has 1 fully saturated rings. The van der Waals surface area contributed by atoms with Gasteiger partial charge in [-0.2, -0.15) is 0 Å². The monoisotopic (exact) mass is 850 g/mol. The van der Waals surface area contributed by atoms with Gasteiger partial charge in [-0.3, -0.25) is 33.8 Å². The number of carbonyl (C=O) groups is 6. The number of aromatic nitrogens is 3. The highest BCUT2D eigenvalue weighted by atomic mass is 16.5. The van der Waals surface area contributed by atoms with E-state index in [1.54, 1.807) is 88.8 Å². The van der Waals surface area contributed by atoms with Crippen LogP contribution in [0.5, 0.6) is 5.75 Å². The first-order chi connectivity index (χ1) is 29.5. The van der Waals surface area contributed by atoms with E-state index in [1.807, 2.05) is 20.8 Å². The number of aryl methyl sites for hydroxylation is 4. The fraction of sp³-hybridized carbons (Fsp3) is 0.386. The Bertz CT molecular complexity index is 2440. The van der Waals surface area contributed by atoms with Gasteiger partial charge in [-0.05, 0) is 61.9 Å². The van der Waals surface area contributed by atoms with Gasteiger partial charge in [0.1, 0.15) is 28.9 Å². The maximum atomic E-state index is 13.3. The molecule has 5 heterocycles. The predicted molar refractivity (Wildman–Crippen MR) is 234 cm³/mol. The van der Waals surface area contributed by atoms with E-state index in [9.17, 15) is 28.8 Å². The predicted octanol–water partition coefficient (Wildman–Crippen LogP) is 4.45. The number of benzene rings is 1. The van der Waals surface area contributed by atoms with Gasteiger partial charge in [0, 0.05) is 71.5 Å². The molecule has 6 N–H and O–H groups in total. The number of nitrogens with one attached hydrogen (secondary N) is 4. The van der Waals surface area contributed by atoms with Crippen molar-refractivity contribution in [3.63, 3.8) is 0 Å². The molecule has 18 heteroatoms. The van der Waals surface area contributed by atoms with E-state index in [4.69, 9.17) is 15.2 Å². The second-order valence-electron chi connectivity index (χ2n) is 16.0. The van der Waals surface area contributed by atoms with Crippen LogP contribution in [0.1, 0.15) is 86.9 Å². The molecule has 18 nitrogen and oxygen atoms in total. The summed E-state index contributed by atoms with van der Waals surface area (Å²) in [6.45, 7) is 10.7. The van der Waals surface area contributed by atoms with E-state index in [-0.39, 0.29) is 67.2 Å². The molecule has 0 aliphatic carbocycles. The first kappa shape index (κ1) is 44.6. The van der Waals surface area contributed by atoms with Gasteiger partial charge in [0.05, 0.1) is 47.6 Å². The van der Waals surface area contributed by atoms with E-state index >= 15 is 0 Å². The molecule has 6 rings (SSSR count). The van der Waals surface area contributed by atoms with Gasteiger partial charge in [0.15, 0.2) is 0 Å². The Morgan fingerprint density at radius 3 is 2.02 bits per heavy atom. The summed E-state index contributed by atoms with van der Waals surface area (Å²) >= 11 is 0. The number of esters is 1. The molecule has 3 aromatic heterocycles. The topological polar surface area (TPSA) is 225 Å². The molecule has 5 amide bonds. The number of hydrogen-bond acceptors (Lipinski definition) is 10. The SMILES string of the molecule is C=C1C[C@H]2C=Nc3cc(OCCCC(=O)Nc4cc(C(=O)Nc5cc(C(=O)Nc6cc(C(=O)NCCCOC(=O)C(N)C(C)C)n(C)c6)n(C)c5)n(C)c4)c(C)cc3C(=O)N2C1. The number of carbonyl (C=O) groups excluding carboxylic acids is 6. The number of hydrogen-bond donors (Lipinski definition) is 5. The molecule has 1 aromatic carbocycles. The van der Waals surface area contributed by atoms with Crippen molar-refractivity contribution in [3.05, 3.63) is 89.3 Å². The van der Waals surface area contributed by atoms with Crippen LogP contribution in [0.25, 0.3) is 0 Å². The van der Waals surface area contributed by atoms with Gasteiger partial charge in [0.25, 0.3) is 23.6 Å². The Labute approximate surface area is 359 Å². The van der Waals surface area contributed by atoms with Gasteiger partial charge in [-0.15, -0.1) is 0 Å². The second kappa shape index (κ2) is 19.2. The van der Waals surface area contributed by atoms with Crippen LogP contribution < -0.4 is 31.7 Å². The Balaban J connectivity index is 0.947. The van der Waals surface area contributed by atoms with Crippen molar-refractivity contribution in [2.45, 2.75) is 58.5 Å². The highest BCUT2D eigenvalue weighted by Gasteiger charge is 2.34. The van der Waals surface area contributed by atoms with Crippen molar-refractivity contribution in [3.8, 4) is 5.75 Å². The lowest BCUT2D eigenvalue weighted by molar-refractivity contribution is -0.146. The van der Waals surface area contributed by atoms with Crippen LogP contribution in [-0.4, -0.2) is 98.7 Å². The highest BCUT2D eigenvalue weighted by molar-refractivity contribution is 6.08. The summed E-state index contributed by atoms with van der Waals surface area (Å²) in [7, 11) is 5.02. The third-order valence-corrected chi connectivity index (χ3v) is 10.6. The number of aliphatic imine (C=N–C) groups is 1. The summed E-state index contributed by atoms with van der Waals surface area (Å²) in [6.07, 6.45) is 8.31. The zero-order chi connectivity index (χ0) is 44.8. The Kier molecular flexibility index (Phi) is 13.8. The molecule has 2 aliphatic rings. The zero-order valence-electron chi connectivity index (χ0n) is 35.9. The molecule has 2 atom stereocenters. The lowest BCUT2D eigenvalue weighted by atomic mass is 10.1. The molecule has 2 aliphatic heterocycles. The summed E-state index contributed by atoms with van der Waals surface area (Å²) in [5.74, 6) is -1.55. The van der Waals surface area contributed by atoms with Gasteiger partial charge >= 0.3 is 5.97 Å². The van der Waals surface area contributed by atoms with Gasteiger partial charge < -0.3 is 55.1 Å². The molecular formula is C44H54N10O8. The van der Waals surface area contributed by atoms with Crippen molar-refractivity contribution in [1.82, 2.24) is 23.9 Å². The maximum Gasteiger partial charge on any atom is 0.323 e. The van der Waals surface area contributed by atoms with Gasteiger partial charge in [0.2, 0.25) is 5.91 Å². The Morgan fingerprint density at radius 2 is 1.42 bits per heavy atom. The third kappa shape index (κ3) is 10.5. The average molecular weight is 851 g/mol. The van der Waals surface area contributed by atoms with Gasteiger partial charge in [-0.25, -0.2) is 0 Å². The lowest BCUT2D eigenvalue weighted by Gasteiger charge is -2.20. The van der Waals surface area contributed by atoms with E-state index in [0.29, 0.717) is 65.6 Å². The summed E-state index contributed by atoms with van der Waals surface area (Å²) < 4.78 is 15.9. The number of nitrogens with two attached hydrogens (primary N) is 1. The van der Waals surface area contributed by atoms with Crippen LogP contribution in [0.4, 0.5) is 22.7 Å². The molecule has 0 saturated carbocycles. The van der Waals surface area contributed by atoms with E-state index in [0.717, 1.165) is 11.1 Å². The van der Waals surface area contributed by atoms with E-state index < -0.39 is 23.8 Å². The molecule has 1 unspecified atom stereocenters. The fourth-order valence-electron chi connectivity index (χ4n) is 7.13. The van der Waals surface area contributed by atoms with Crippen LogP contribution in [-0.2, 0) is 35.5 Å². The minimum Gasteiger partial charge on any atom is -0.493 e. The first-order valence-electron chi connectivity index (χ1n) is 20.4. The van der Waals surface area contributed by atoms with Crippen molar-refractivity contribution < 1.29 is 38.2 Å². The minimum atomic E-state index is -0.700. The molecule has 328 valence electrons. The number of amides is 5. The lowest BCUT2D eigenvalue weighted by Crippen LogP contribution is -2.37. The first-order valence-corrected chi connectivity index (χ1v) is 20.4. The second-order valence-corrected chi connectivity index (χ2v) is 16.0. The highest BCUT2D eigenvalue weighted by Crippen LogP contribution is 2.35. The molecule has 1 saturated heterocycles. The van der Waals surface area contributed by atoms with Crippen LogP contribution in [0.2, 0.25) is 0 Å². The molecular weight excluding hydrogens is 797 g/mol. The van der Waals surface area contributed by atoms with Crippen LogP contribution in [0.15, 0.2) is 66.1 Å². The van der Waals surface area contributed by atoms with Crippen LogP contribution in [0.3, 0.4) is 0 Å². The molecule has 0 radical (unpaired) electrons. The molecule has 62 heavy (non-hydrogen) atoms. The molecule has 0 bridgehead atoms. The number of rotatable bonds is 17. The van der Waals surface area contributed by atoms with Gasteiger partial charge in [-0.1, -0.05) is 26.0 Å². The van der Waals surface area contributed by atoms with E-state index in [2.05, 4.69) is 32.8 Å². The fourth-order valence-corrected chi connectivity index (χ4v) is 7.13.